The molecule has 0 fully saturated rings. The lowest BCUT2D eigenvalue weighted by Gasteiger charge is -2.16. The topological polar surface area (TPSA) is 92.4 Å². The van der Waals surface area contributed by atoms with Gasteiger partial charge in [-0.2, -0.15) is 0 Å². The summed E-state index contributed by atoms with van der Waals surface area (Å²) in [5, 5.41) is 15.5. The van der Waals surface area contributed by atoms with Crippen LogP contribution in [0.4, 0.5) is 0 Å². The number of aromatic nitrogens is 1. The lowest BCUT2D eigenvalue weighted by atomic mass is 10.0. The van der Waals surface area contributed by atoms with Gasteiger partial charge in [-0.15, -0.1) is 0 Å². The zero-order valence-corrected chi connectivity index (χ0v) is 12.6. The van der Waals surface area contributed by atoms with Crippen LogP contribution in [0.3, 0.4) is 0 Å². The highest BCUT2D eigenvalue weighted by Crippen LogP contribution is 2.22. The molecule has 0 unspecified atom stereocenters. The van der Waals surface area contributed by atoms with Crippen LogP contribution in [0, 0.1) is 12.8 Å². The Kier molecular flexibility index (Phi) is 5.30. The van der Waals surface area contributed by atoms with Crippen molar-refractivity contribution in [3.8, 4) is 0 Å². The molecule has 6 heteroatoms. The quantitative estimate of drug-likeness (QED) is 0.835. The molecule has 1 aromatic rings. The Balaban J connectivity index is 2.95. The summed E-state index contributed by atoms with van der Waals surface area (Å²) in [6.07, 6.45) is 0.377. The third kappa shape index (κ3) is 3.82. The SMILES string of the molecule is Cc1noc(C(C)C)c1C(=O)N[C@@H](CC(C)C)C(=O)O. The first-order chi connectivity index (χ1) is 9.23. The maximum atomic E-state index is 12.3. The fraction of sp³-hybridized carbons (Fsp3) is 0.643. The van der Waals surface area contributed by atoms with E-state index in [4.69, 9.17) is 9.63 Å². The number of carbonyl (C=O) groups excluding carboxylic acids is 1. The Bertz CT molecular complexity index is 491. The van der Waals surface area contributed by atoms with Crippen LogP contribution < -0.4 is 5.32 Å². The molecule has 0 spiro atoms. The molecule has 20 heavy (non-hydrogen) atoms. The molecule has 1 aromatic heterocycles. The zero-order valence-electron chi connectivity index (χ0n) is 12.6. The Hall–Kier alpha value is -1.85. The van der Waals surface area contributed by atoms with Crippen molar-refractivity contribution >= 4 is 11.9 Å². The van der Waals surface area contributed by atoms with Gasteiger partial charge in [-0.1, -0.05) is 32.9 Å². The van der Waals surface area contributed by atoms with Gasteiger partial charge < -0.3 is 14.9 Å². The predicted molar refractivity (Wildman–Crippen MR) is 73.7 cm³/mol. The third-order valence-electron chi connectivity index (χ3n) is 2.95. The second-order valence-electron chi connectivity index (χ2n) is 5.66. The van der Waals surface area contributed by atoms with Gasteiger partial charge in [0, 0.05) is 5.92 Å². The summed E-state index contributed by atoms with van der Waals surface area (Å²) in [7, 11) is 0. The number of aliphatic carboxylic acids is 1. The van der Waals surface area contributed by atoms with E-state index in [9.17, 15) is 9.59 Å². The summed E-state index contributed by atoms with van der Waals surface area (Å²) in [6.45, 7) is 9.26. The van der Waals surface area contributed by atoms with Gasteiger partial charge >= 0.3 is 5.97 Å². The lowest BCUT2D eigenvalue weighted by Crippen LogP contribution is -2.42. The molecule has 0 bridgehead atoms. The zero-order chi connectivity index (χ0) is 15.4. The van der Waals surface area contributed by atoms with Gasteiger partial charge in [0.25, 0.3) is 5.91 Å². The Morgan fingerprint density at radius 2 is 1.90 bits per heavy atom. The highest BCUT2D eigenvalue weighted by Gasteiger charge is 2.27. The molecule has 0 aliphatic heterocycles. The van der Waals surface area contributed by atoms with Crippen molar-refractivity contribution in [2.75, 3.05) is 0 Å². The van der Waals surface area contributed by atoms with Gasteiger partial charge in [-0.05, 0) is 19.3 Å². The monoisotopic (exact) mass is 282 g/mol. The number of amides is 1. The largest absolute Gasteiger partial charge is 0.480 e. The van der Waals surface area contributed by atoms with Crippen LogP contribution >= 0.6 is 0 Å². The predicted octanol–water partition coefficient (Wildman–Crippen LogP) is 2.34. The molecule has 1 rings (SSSR count). The van der Waals surface area contributed by atoms with Crippen LogP contribution in [-0.4, -0.2) is 28.2 Å². The number of hydrogen-bond acceptors (Lipinski definition) is 4. The van der Waals surface area contributed by atoms with Crippen molar-refractivity contribution in [3.05, 3.63) is 17.0 Å². The number of rotatable bonds is 6. The molecule has 0 aliphatic carbocycles. The molecular formula is C14H22N2O4. The van der Waals surface area contributed by atoms with Crippen molar-refractivity contribution in [2.24, 2.45) is 5.92 Å². The molecule has 1 amide bonds. The smallest absolute Gasteiger partial charge is 0.326 e. The second-order valence-corrected chi connectivity index (χ2v) is 5.66. The molecule has 112 valence electrons. The van der Waals surface area contributed by atoms with Crippen molar-refractivity contribution < 1.29 is 19.2 Å². The molecular weight excluding hydrogens is 260 g/mol. The highest BCUT2D eigenvalue weighted by molar-refractivity contribution is 5.98. The number of carbonyl (C=O) groups is 2. The molecule has 2 N–H and O–H groups in total. The van der Waals surface area contributed by atoms with Crippen molar-refractivity contribution in [3.63, 3.8) is 0 Å². The van der Waals surface area contributed by atoms with Crippen LogP contribution in [0.25, 0.3) is 0 Å². The normalized spacial score (nSPS) is 12.8. The maximum Gasteiger partial charge on any atom is 0.326 e. The first-order valence-corrected chi connectivity index (χ1v) is 6.73. The lowest BCUT2D eigenvalue weighted by molar-refractivity contribution is -0.139. The average Bonchev–Trinajstić information content (AvgIpc) is 2.69. The number of nitrogens with one attached hydrogen (secondary N) is 1. The summed E-state index contributed by atoms with van der Waals surface area (Å²) in [4.78, 5) is 23.5. The number of nitrogens with zero attached hydrogens (tertiary/aromatic N) is 1. The van der Waals surface area contributed by atoms with Crippen LogP contribution in [-0.2, 0) is 4.79 Å². The van der Waals surface area contributed by atoms with E-state index in [1.807, 2.05) is 27.7 Å². The van der Waals surface area contributed by atoms with E-state index in [0.29, 0.717) is 23.4 Å². The van der Waals surface area contributed by atoms with Gasteiger partial charge in [0.1, 0.15) is 11.6 Å². The summed E-state index contributed by atoms with van der Waals surface area (Å²) in [6, 6.07) is -0.906. The fourth-order valence-electron chi connectivity index (χ4n) is 1.98. The summed E-state index contributed by atoms with van der Waals surface area (Å²) in [5.74, 6) is -0.823. The average molecular weight is 282 g/mol. The van der Waals surface area contributed by atoms with Crippen molar-refractivity contribution in [1.29, 1.82) is 0 Å². The molecule has 1 atom stereocenters. The molecule has 0 saturated heterocycles. The van der Waals surface area contributed by atoms with Crippen molar-refractivity contribution in [1.82, 2.24) is 10.5 Å². The number of carboxylic acids is 1. The van der Waals surface area contributed by atoms with E-state index in [-0.39, 0.29) is 11.8 Å². The van der Waals surface area contributed by atoms with E-state index in [0.717, 1.165) is 0 Å². The summed E-state index contributed by atoms with van der Waals surface area (Å²) < 4.78 is 5.14. The van der Waals surface area contributed by atoms with Gasteiger partial charge in [0.2, 0.25) is 0 Å². The van der Waals surface area contributed by atoms with Gasteiger partial charge in [0.05, 0.1) is 5.69 Å². The Labute approximate surface area is 118 Å². The number of hydrogen-bond donors (Lipinski definition) is 2. The molecule has 6 nitrogen and oxygen atoms in total. The summed E-state index contributed by atoms with van der Waals surface area (Å²) in [5.41, 5.74) is 0.815. The number of aryl methyl sites for hydroxylation is 1. The minimum absolute atomic E-state index is 0.00493. The van der Waals surface area contributed by atoms with Crippen LogP contribution in [0.15, 0.2) is 4.52 Å². The molecule has 0 aliphatic rings. The van der Waals surface area contributed by atoms with Crippen LogP contribution in [0.2, 0.25) is 0 Å². The molecule has 0 saturated carbocycles. The molecule has 0 radical (unpaired) electrons. The van der Waals surface area contributed by atoms with Gasteiger partial charge in [-0.25, -0.2) is 4.79 Å². The van der Waals surface area contributed by atoms with Crippen LogP contribution in [0.5, 0.6) is 0 Å². The van der Waals surface area contributed by atoms with E-state index in [1.165, 1.54) is 0 Å². The fourth-order valence-corrected chi connectivity index (χ4v) is 1.98. The van der Waals surface area contributed by atoms with Gasteiger partial charge in [-0.3, -0.25) is 4.79 Å². The standard InChI is InChI=1S/C14H22N2O4/c1-7(2)6-10(14(18)19)15-13(17)11-9(5)16-20-12(11)8(3)4/h7-8,10H,6H2,1-5H3,(H,15,17)(H,18,19)/t10-/m0/s1. The highest BCUT2D eigenvalue weighted by atomic mass is 16.5. The maximum absolute atomic E-state index is 12.3. The van der Waals surface area contributed by atoms with E-state index >= 15 is 0 Å². The summed E-state index contributed by atoms with van der Waals surface area (Å²) >= 11 is 0. The first-order valence-electron chi connectivity index (χ1n) is 6.73. The molecule has 0 aromatic carbocycles. The third-order valence-corrected chi connectivity index (χ3v) is 2.95. The second kappa shape index (κ2) is 6.54. The van der Waals surface area contributed by atoms with E-state index < -0.39 is 17.9 Å². The number of carboxylic acid groups (broad SMARTS) is 1. The minimum Gasteiger partial charge on any atom is -0.480 e. The van der Waals surface area contributed by atoms with E-state index in [2.05, 4.69) is 10.5 Å². The van der Waals surface area contributed by atoms with Crippen LogP contribution in [0.1, 0.15) is 61.8 Å². The Morgan fingerprint density at radius 3 is 2.35 bits per heavy atom. The van der Waals surface area contributed by atoms with Gasteiger partial charge in [0.15, 0.2) is 5.76 Å². The molecule has 1 heterocycles. The first kappa shape index (κ1) is 16.2. The Morgan fingerprint density at radius 1 is 1.30 bits per heavy atom. The van der Waals surface area contributed by atoms with Crippen molar-refractivity contribution in [2.45, 2.75) is 53.0 Å². The minimum atomic E-state index is -1.03. The van der Waals surface area contributed by atoms with E-state index in [1.54, 1.807) is 6.92 Å².